The lowest BCUT2D eigenvalue weighted by atomic mass is 10.1. The molecule has 0 amide bonds. The second-order valence-electron chi connectivity index (χ2n) is 9.73. The van der Waals surface area contributed by atoms with Crippen LogP contribution in [0.1, 0.15) is 19.4 Å². The number of benzene rings is 3. The number of morpholine rings is 1. The number of aromatic amines is 1. The van der Waals surface area contributed by atoms with Crippen molar-refractivity contribution in [1.82, 2.24) is 19.9 Å². The van der Waals surface area contributed by atoms with Crippen LogP contribution in [-0.4, -0.2) is 45.2 Å². The van der Waals surface area contributed by atoms with Crippen molar-refractivity contribution in [2.75, 3.05) is 23.3 Å². The van der Waals surface area contributed by atoms with Gasteiger partial charge in [-0.15, -0.1) is 0 Å². The summed E-state index contributed by atoms with van der Waals surface area (Å²) >= 11 is 0. The lowest BCUT2D eigenvalue weighted by molar-refractivity contribution is -0.00546. The molecule has 1 fully saturated rings. The van der Waals surface area contributed by atoms with Crippen LogP contribution in [0.2, 0.25) is 0 Å². The number of H-pyrrole nitrogens is 1. The number of nitrogens with one attached hydrogen (secondary N) is 2. The molecule has 3 heterocycles. The number of aryl methyl sites for hydroxylation is 1. The summed E-state index contributed by atoms with van der Waals surface area (Å²) in [4.78, 5) is 20.1. The topological polar surface area (TPSA) is 79.0 Å². The molecule has 0 aliphatic carbocycles. The fourth-order valence-electron chi connectivity index (χ4n) is 4.98. The Morgan fingerprint density at radius 1 is 0.919 bits per heavy atom. The Morgan fingerprint density at radius 3 is 2.54 bits per heavy atom. The van der Waals surface area contributed by atoms with E-state index in [4.69, 9.17) is 14.7 Å². The molecule has 7 heteroatoms. The molecule has 0 radical (unpaired) electrons. The van der Waals surface area contributed by atoms with Crippen molar-refractivity contribution < 1.29 is 4.74 Å². The molecule has 1 aliphatic heterocycles. The van der Waals surface area contributed by atoms with Crippen LogP contribution in [0.5, 0.6) is 0 Å². The number of ether oxygens (including phenoxy) is 1. The quantitative estimate of drug-likeness (QED) is 0.299. The minimum absolute atomic E-state index is 0.169. The summed E-state index contributed by atoms with van der Waals surface area (Å²) in [6.45, 7) is 7.92. The third-order valence-corrected chi connectivity index (χ3v) is 6.73. The van der Waals surface area contributed by atoms with Crippen LogP contribution in [0, 0.1) is 6.92 Å². The van der Waals surface area contributed by atoms with Gasteiger partial charge in [0.05, 0.1) is 41.5 Å². The molecule has 0 bridgehead atoms. The largest absolute Gasteiger partial charge is 0.372 e. The molecule has 186 valence electrons. The number of para-hydroxylation sites is 1. The molecule has 37 heavy (non-hydrogen) atoms. The Kier molecular flexibility index (Phi) is 6.06. The first kappa shape index (κ1) is 23.2. The third kappa shape index (κ3) is 4.78. The van der Waals surface area contributed by atoms with Gasteiger partial charge in [-0.25, -0.2) is 15.0 Å². The van der Waals surface area contributed by atoms with Crippen molar-refractivity contribution in [2.24, 2.45) is 0 Å². The van der Waals surface area contributed by atoms with Gasteiger partial charge in [-0.1, -0.05) is 42.5 Å². The Morgan fingerprint density at radius 2 is 1.73 bits per heavy atom. The van der Waals surface area contributed by atoms with E-state index in [-0.39, 0.29) is 12.2 Å². The second-order valence-corrected chi connectivity index (χ2v) is 9.73. The number of rotatable bonds is 5. The average molecular weight is 491 g/mol. The van der Waals surface area contributed by atoms with Gasteiger partial charge in [-0.05, 0) is 56.2 Å². The maximum atomic E-state index is 5.88. The third-order valence-electron chi connectivity index (χ3n) is 6.73. The highest BCUT2D eigenvalue weighted by molar-refractivity contribution is 5.90. The predicted octanol–water partition coefficient (Wildman–Crippen LogP) is 6.35. The molecule has 5 aromatic rings. The van der Waals surface area contributed by atoms with Gasteiger partial charge in [0, 0.05) is 24.3 Å². The smallest absolute Gasteiger partial charge is 0.148 e. The van der Waals surface area contributed by atoms with Crippen molar-refractivity contribution in [3.05, 3.63) is 84.7 Å². The predicted molar refractivity (Wildman–Crippen MR) is 149 cm³/mol. The molecule has 6 rings (SSSR count). The van der Waals surface area contributed by atoms with Crippen LogP contribution in [0.3, 0.4) is 0 Å². The molecule has 0 spiro atoms. The van der Waals surface area contributed by atoms with E-state index >= 15 is 0 Å². The fourth-order valence-corrected chi connectivity index (χ4v) is 4.98. The number of fused-ring (bicyclic) bond motifs is 1. The number of nitrogens with zero attached hydrogens (tertiary/aromatic N) is 4. The lowest BCUT2D eigenvalue weighted by Gasteiger charge is -2.35. The van der Waals surface area contributed by atoms with Crippen molar-refractivity contribution in [1.29, 1.82) is 0 Å². The number of imidazole rings is 1. The van der Waals surface area contributed by atoms with Crippen molar-refractivity contribution in [2.45, 2.75) is 33.0 Å². The standard InChI is InChI=1S/C30H30N6O/c1-19-12-13-23(14-24(19)30-32-15-27(35-30)22-8-5-4-6-9-22)33-25-10-7-11-26-29(25)31-16-28(34-26)36-17-20(2)37-21(3)18-36/h4-16,20-21,33H,17-18H2,1-3H3,(H,32,35). The SMILES string of the molecule is Cc1ccc(Nc2cccc3nc(N4CC(C)OC(C)C4)cnc23)cc1-c1ncc(-c2ccccc2)[nH]1. The zero-order valence-electron chi connectivity index (χ0n) is 21.3. The van der Waals surface area contributed by atoms with E-state index in [0.29, 0.717) is 0 Å². The molecule has 7 nitrogen and oxygen atoms in total. The van der Waals surface area contributed by atoms with Gasteiger partial charge in [-0.3, -0.25) is 0 Å². The number of hydrogen-bond acceptors (Lipinski definition) is 6. The molecular formula is C30H30N6O. The number of anilines is 3. The van der Waals surface area contributed by atoms with E-state index in [1.165, 1.54) is 0 Å². The van der Waals surface area contributed by atoms with Crippen LogP contribution < -0.4 is 10.2 Å². The van der Waals surface area contributed by atoms with E-state index in [1.807, 2.05) is 48.8 Å². The molecule has 2 aromatic heterocycles. The Balaban J connectivity index is 1.28. The fraction of sp³-hybridized carbons (Fsp3) is 0.233. The van der Waals surface area contributed by atoms with Crippen LogP contribution in [0.15, 0.2) is 79.1 Å². The Bertz CT molecular complexity index is 1540. The minimum Gasteiger partial charge on any atom is -0.372 e. The van der Waals surface area contributed by atoms with E-state index in [1.54, 1.807) is 0 Å². The number of aromatic nitrogens is 4. The van der Waals surface area contributed by atoms with Crippen molar-refractivity contribution >= 4 is 28.2 Å². The van der Waals surface area contributed by atoms with Gasteiger partial charge in [0.25, 0.3) is 0 Å². The molecular weight excluding hydrogens is 460 g/mol. The zero-order chi connectivity index (χ0) is 25.4. The molecule has 2 N–H and O–H groups in total. The summed E-state index contributed by atoms with van der Waals surface area (Å²) in [5.41, 5.74) is 7.90. The van der Waals surface area contributed by atoms with Gasteiger partial charge in [0.2, 0.25) is 0 Å². The van der Waals surface area contributed by atoms with Crippen LogP contribution in [-0.2, 0) is 4.74 Å². The Labute approximate surface area is 216 Å². The summed E-state index contributed by atoms with van der Waals surface area (Å²) in [6.07, 6.45) is 4.09. The molecule has 1 saturated heterocycles. The van der Waals surface area contributed by atoms with Crippen LogP contribution >= 0.6 is 0 Å². The summed E-state index contributed by atoms with van der Waals surface area (Å²) in [7, 11) is 0. The maximum absolute atomic E-state index is 5.88. The first-order valence-electron chi connectivity index (χ1n) is 12.7. The summed E-state index contributed by atoms with van der Waals surface area (Å²) in [5, 5.41) is 3.56. The molecule has 2 unspecified atom stereocenters. The van der Waals surface area contributed by atoms with E-state index in [2.05, 4.69) is 71.3 Å². The van der Waals surface area contributed by atoms with Crippen molar-refractivity contribution in [3.8, 4) is 22.6 Å². The van der Waals surface area contributed by atoms with Crippen LogP contribution in [0.25, 0.3) is 33.7 Å². The van der Waals surface area contributed by atoms with Gasteiger partial charge in [-0.2, -0.15) is 0 Å². The van der Waals surface area contributed by atoms with Crippen molar-refractivity contribution in [3.63, 3.8) is 0 Å². The minimum atomic E-state index is 0.169. The molecule has 0 saturated carbocycles. The summed E-state index contributed by atoms with van der Waals surface area (Å²) < 4.78 is 5.88. The zero-order valence-corrected chi connectivity index (χ0v) is 21.3. The van der Waals surface area contributed by atoms with E-state index < -0.39 is 0 Å². The summed E-state index contributed by atoms with van der Waals surface area (Å²) in [6, 6.07) is 22.6. The first-order chi connectivity index (χ1) is 18.0. The van der Waals surface area contributed by atoms with E-state index in [0.717, 1.165) is 69.5 Å². The molecule has 1 aliphatic rings. The van der Waals surface area contributed by atoms with Crippen LogP contribution in [0.4, 0.5) is 17.2 Å². The second kappa shape index (κ2) is 9.67. The average Bonchev–Trinajstić information content (AvgIpc) is 3.40. The number of hydrogen-bond donors (Lipinski definition) is 2. The van der Waals surface area contributed by atoms with E-state index in [9.17, 15) is 0 Å². The first-order valence-corrected chi connectivity index (χ1v) is 12.7. The van der Waals surface area contributed by atoms with Gasteiger partial charge < -0.3 is 19.9 Å². The van der Waals surface area contributed by atoms with Gasteiger partial charge >= 0.3 is 0 Å². The maximum Gasteiger partial charge on any atom is 0.148 e. The molecule has 3 aromatic carbocycles. The van der Waals surface area contributed by atoms with Gasteiger partial charge in [0.1, 0.15) is 17.2 Å². The monoisotopic (exact) mass is 490 g/mol. The highest BCUT2D eigenvalue weighted by atomic mass is 16.5. The normalized spacial score (nSPS) is 17.8. The highest BCUT2D eigenvalue weighted by Crippen LogP contribution is 2.31. The molecule has 2 atom stereocenters. The highest BCUT2D eigenvalue weighted by Gasteiger charge is 2.23. The van der Waals surface area contributed by atoms with Gasteiger partial charge in [0.15, 0.2) is 0 Å². The Hall–Kier alpha value is -4.23. The summed E-state index contributed by atoms with van der Waals surface area (Å²) in [5.74, 6) is 1.73. The lowest BCUT2D eigenvalue weighted by Crippen LogP contribution is -2.45.